The number of hydrogen-bond donors (Lipinski definition) is 0. The Balaban J connectivity index is 3.69. The predicted molar refractivity (Wildman–Crippen MR) is 91.2 cm³/mol. The predicted octanol–water partition coefficient (Wildman–Crippen LogP) is 5.71. The number of halogens is 6. The van der Waals surface area contributed by atoms with Gasteiger partial charge in [-0.05, 0) is 29.9 Å². The number of Topliss-reactive ketones (excluding diaryl/α,β-unsaturated/α-hetero) is 2. The second kappa shape index (κ2) is 8.36. The van der Waals surface area contributed by atoms with E-state index in [4.69, 9.17) is 0 Å². The summed E-state index contributed by atoms with van der Waals surface area (Å²) in [6, 6.07) is 4.98. The lowest BCUT2D eigenvalue weighted by Crippen LogP contribution is -2.36. The van der Waals surface area contributed by atoms with E-state index in [1.54, 1.807) is 45.9 Å². The average molecular weight is 408 g/mol. The molecule has 0 bridgehead atoms. The third kappa shape index (κ3) is 5.36. The van der Waals surface area contributed by atoms with Gasteiger partial charge in [-0.3, -0.25) is 14.9 Å². The minimum atomic E-state index is -5.65. The van der Waals surface area contributed by atoms with E-state index in [1.165, 1.54) is 0 Å². The molecule has 0 aliphatic rings. The third-order valence-electron chi connectivity index (χ3n) is 3.95. The second-order valence-corrected chi connectivity index (χ2v) is 6.82. The fraction of sp³-hybridized carbons (Fsp3) is 0.474. The van der Waals surface area contributed by atoms with Crippen LogP contribution in [0.15, 0.2) is 29.5 Å². The van der Waals surface area contributed by atoms with Crippen molar-refractivity contribution in [2.45, 2.75) is 58.8 Å². The van der Waals surface area contributed by atoms with Crippen LogP contribution in [0.2, 0.25) is 0 Å². The number of para-hydroxylation sites is 1. The van der Waals surface area contributed by atoms with Crippen molar-refractivity contribution >= 4 is 17.3 Å². The minimum absolute atomic E-state index is 0.148. The van der Waals surface area contributed by atoms with Gasteiger partial charge in [-0.1, -0.05) is 45.9 Å². The zero-order chi connectivity index (χ0) is 22.0. The van der Waals surface area contributed by atoms with Gasteiger partial charge in [0.05, 0.1) is 11.4 Å². The number of allylic oxidation sites excluding steroid dienone is 2. The normalized spacial score (nSPS) is 12.3. The molecule has 1 aromatic rings. The number of alkyl halides is 6. The zero-order valence-electron chi connectivity index (χ0n) is 15.9. The molecule has 28 heavy (non-hydrogen) atoms. The molecule has 0 aliphatic carbocycles. The molecule has 0 aromatic heterocycles. The zero-order valence-corrected chi connectivity index (χ0v) is 15.9. The van der Waals surface area contributed by atoms with Gasteiger partial charge in [0.15, 0.2) is 0 Å². The Morgan fingerprint density at radius 1 is 0.821 bits per heavy atom. The Morgan fingerprint density at radius 2 is 1.18 bits per heavy atom. The summed E-state index contributed by atoms with van der Waals surface area (Å²) >= 11 is 0. The van der Waals surface area contributed by atoms with Gasteiger partial charge >= 0.3 is 12.4 Å². The first-order valence-corrected chi connectivity index (χ1v) is 8.37. The van der Waals surface area contributed by atoms with E-state index in [0.29, 0.717) is 11.1 Å². The molecule has 1 radical (unpaired) electrons. The molecule has 0 heterocycles. The average Bonchev–Trinajstić information content (AvgIpc) is 2.52. The number of benzene rings is 1. The molecule has 0 spiro atoms. The third-order valence-corrected chi connectivity index (χ3v) is 3.95. The van der Waals surface area contributed by atoms with E-state index in [1.807, 2.05) is 0 Å². The summed E-state index contributed by atoms with van der Waals surface area (Å²) < 4.78 is 76.9. The van der Waals surface area contributed by atoms with Gasteiger partial charge in [0, 0.05) is 0 Å². The summed E-state index contributed by atoms with van der Waals surface area (Å²) in [5.74, 6) is -6.04. The lowest BCUT2D eigenvalue weighted by molar-refractivity contribution is -0.175. The first-order chi connectivity index (χ1) is 12.6. The maximum atomic E-state index is 12.8. The maximum absolute atomic E-state index is 12.8. The van der Waals surface area contributed by atoms with Crippen LogP contribution < -0.4 is 5.32 Å². The van der Waals surface area contributed by atoms with Crippen molar-refractivity contribution in [1.82, 2.24) is 5.32 Å². The van der Waals surface area contributed by atoms with Gasteiger partial charge in [-0.2, -0.15) is 26.3 Å². The van der Waals surface area contributed by atoms with Crippen molar-refractivity contribution in [3.63, 3.8) is 0 Å². The van der Waals surface area contributed by atoms with Crippen molar-refractivity contribution < 1.29 is 35.9 Å². The number of nitrogens with zero attached hydrogens (tertiary/aromatic N) is 1. The Labute approximate surface area is 158 Å². The molecule has 0 saturated carbocycles. The SMILES string of the molecule is CC([N]c1c(C(C)C)cccc1C(C)C)=C(C(=O)C(F)(F)F)C(=O)C(F)(F)F. The minimum Gasteiger partial charge on any atom is -0.284 e. The van der Waals surface area contributed by atoms with Crippen molar-refractivity contribution in [2.75, 3.05) is 0 Å². The molecule has 0 atom stereocenters. The van der Waals surface area contributed by atoms with Crippen molar-refractivity contribution in [1.29, 1.82) is 0 Å². The number of carbonyl (C=O) groups excluding carboxylic acids is 2. The summed E-state index contributed by atoms with van der Waals surface area (Å²) in [7, 11) is 0. The summed E-state index contributed by atoms with van der Waals surface area (Å²) in [6.45, 7) is 7.91. The second-order valence-electron chi connectivity index (χ2n) is 6.82. The van der Waals surface area contributed by atoms with E-state index in [0.717, 1.165) is 6.92 Å². The van der Waals surface area contributed by atoms with E-state index in [9.17, 15) is 35.9 Å². The highest BCUT2D eigenvalue weighted by atomic mass is 19.4. The number of ketones is 2. The standard InChI is InChI=1S/C19H20F6NO2/c1-9(2)12-7-6-8-13(10(3)4)15(12)26-11(5)14(16(27)18(20,21)22)17(28)19(23,24)25/h6-10H,1-5H3. The highest BCUT2D eigenvalue weighted by molar-refractivity contribution is 6.24. The van der Waals surface area contributed by atoms with E-state index >= 15 is 0 Å². The van der Waals surface area contributed by atoms with Gasteiger partial charge < -0.3 is 0 Å². The number of hydrogen-bond acceptors (Lipinski definition) is 2. The van der Waals surface area contributed by atoms with E-state index in [2.05, 4.69) is 5.32 Å². The molecule has 0 aliphatic heterocycles. The van der Waals surface area contributed by atoms with Crippen LogP contribution >= 0.6 is 0 Å². The van der Waals surface area contributed by atoms with Crippen LogP contribution in [0.25, 0.3) is 0 Å². The largest absolute Gasteiger partial charge is 0.455 e. The molecule has 0 fully saturated rings. The number of carbonyl (C=O) groups is 2. The van der Waals surface area contributed by atoms with Crippen LogP contribution in [0.5, 0.6) is 0 Å². The molecular weight excluding hydrogens is 388 g/mol. The summed E-state index contributed by atoms with van der Waals surface area (Å²) in [5, 5.41) is 3.91. The van der Waals surface area contributed by atoms with Crippen LogP contribution in [0, 0.1) is 0 Å². The lowest BCUT2D eigenvalue weighted by atomic mass is 9.92. The first kappa shape index (κ1) is 23.7. The Bertz CT molecular complexity index is 734. The quantitative estimate of drug-likeness (QED) is 0.262. The first-order valence-electron chi connectivity index (χ1n) is 8.37. The smallest absolute Gasteiger partial charge is 0.284 e. The van der Waals surface area contributed by atoms with Crippen molar-refractivity contribution in [3.8, 4) is 0 Å². The van der Waals surface area contributed by atoms with Gasteiger partial charge in [0.1, 0.15) is 5.57 Å². The molecule has 0 amide bonds. The number of rotatable bonds is 6. The highest BCUT2D eigenvalue weighted by Gasteiger charge is 2.51. The van der Waals surface area contributed by atoms with Crippen LogP contribution in [-0.4, -0.2) is 23.9 Å². The van der Waals surface area contributed by atoms with Crippen molar-refractivity contribution in [3.05, 3.63) is 40.6 Å². The Hall–Kier alpha value is -2.32. The summed E-state index contributed by atoms with van der Waals surface area (Å²) in [4.78, 5) is 23.1. The summed E-state index contributed by atoms with van der Waals surface area (Å²) in [6.07, 6.45) is -11.3. The topological polar surface area (TPSA) is 48.2 Å². The van der Waals surface area contributed by atoms with E-state index in [-0.39, 0.29) is 17.5 Å². The Morgan fingerprint density at radius 3 is 1.46 bits per heavy atom. The lowest BCUT2D eigenvalue weighted by Gasteiger charge is -2.21. The molecule has 0 unspecified atom stereocenters. The molecule has 1 rings (SSSR count). The monoisotopic (exact) mass is 408 g/mol. The molecule has 3 nitrogen and oxygen atoms in total. The molecule has 0 saturated heterocycles. The fourth-order valence-electron chi connectivity index (χ4n) is 2.58. The summed E-state index contributed by atoms with van der Waals surface area (Å²) in [5.41, 5.74) is -1.65. The van der Waals surface area contributed by atoms with Crippen LogP contribution in [0.3, 0.4) is 0 Å². The van der Waals surface area contributed by atoms with Crippen molar-refractivity contribution in [2.24, 2.45) is 0 Å². The molecule has 155 valence electrons. The van der Waals surface area contributed by atoms with Gasteiger partial charge in [-0.25, -0.2) is 0 Å². The van der Waals surface area contributed by atoms with Crippen LogP contribution in [-0.2, 0) is 9.59 Å². The molecular formula is C19H20F6NO2. The van der Waals surface area contributed by atoms with Crippen LogP contribution in [0.1, 0.15) is 57.6 Å². The van der Waals surface area contributed by atoms with Gasteiger partial charge in [0.2, 0.25) is 0 Å². The Kier molecular flexibility index (Phi) is 7.08. The van der Waals surface area contributed by atoms with E-state index < -0.39 is 35.2 Å². The highest BCUT2D eigenvalue weighted by Crippen LogP contribution is 2.35. The maximum Gasteiger partial charge on any atom is 0.455 e. The molecule has 9 heteroatoms. The van der Waals surface area contributed by atoms with Gasteiger partial charge in [0.25, 0.3) is 11.6 Å². The van der Waals surface area contributed by atoms with Crippen LogP contribution in [0.4, 0.5) is 32.0 Å². The molecule has 0 N–H and O–H groups in total. The fourth-order valence-corrected chi connectivity index (χ4v) is 2.58. The van der Waals surface area contributed by atoms with Gasteiger partial charge in [-0.15, -0.1) is 0 Å². The molecule has 1 aromatic carbocycles.